The molecule has 0 heterocycles. The second-order valence-corrected chi connectivity index (χ2v) is 9.28. The summed E-state index contributed by atoms with van der Waals surface area (Å²) in [5, 5.41) is 2.75. The standard InChI is InChI=1S/C24H26N2O4S/c1-17-9-11-21(12-10-17)31(28,29)26(20-14-18(2)13-19(3)15-20)16-24(27)25-22-7-5-6-8-23(22)30-4/h5-15H,16H2,1-4H3,(H,25,27). The van der Waals surface area contributed by atoms with E-state index in [1.54, 1.807) is 60.7 Å². The lowest BCUT2D eigenvalue weighted by Gasteiger charge is -2.25. The van der Waals surface area contributed by atoms with Crippen molar-refractivity contribution in [2.75, 3.05) is 23.3 Å². The fraction of sp³-hybridized carbons (Fsp3) is 0.208. The highest BCUT2D eigenvalue weighted by Gasteiger charge is 2.28. The first-order valence-corrected chi connectivity index (χ1v) is 11.3. The normalized spacial score (nSPS) is 11.1. The Morgan fingerprint density at radius 3 is 2.13 bits per heavy atom. The van der Waals surface area contributed by atoms with Crippen LogP contribution in [0.4, 0.5) is 11.4 Å². The summed E-state index contributed by atoms with van der Waals surface area (Å²) >= 11 is 0. The molecule has 0 spiro atoms. The Balaban J connectivity index is 1.99. The molecule has 0 aliphatic heterocycles. The first-order valence-electron chi connectivity index (χ1n) is 9.81. The number of carbonyl (C=O) groups excluding carboxylic acids is 1. The van der Waals surface area contributed by atoms with Crippen LogP contribution < -0.4 is 14.4 Å². The molecule has 3 aromatic carbocycles. The molecule has 7 heteroatoms. The van der Waals surface area contributed by atoms with Crippen molar-refractivity contribution in [2.45, 2.75) is 25.7 Å². The van der Waals surface area contributed by atoms with E-state index in [-0.39, 0.29) is 11.4 Å². The number of nitrogens with zero attached hydrogens (tertiary/aromatic N) is 1. The lowest BCUT2D eigenvalue weighted by Crippen LogP contribution is -2.38. The molecule has 3 rings (SSSR count). The highest BCUT2D eigenvalue weighted by atomic mass is 32.2. The molecule has 0 unspecified atom stereocenters. The van der Waals surface area contributed by atoms with Crippen LogP contribution in [0.3, 0.4) is 0 Å². The van der Waals surface area contributed by atoms with E-state index < -0.39 is 15.9 Å². The van der Waals surface area contributed by atoms with Gasteiger partial charge in [-0.3, -0.25) is 9.10 Å². The summed E-state index contributed by atoms with van der Waals surface area (Å²) in [5.41, 5.74) is 3.68. The van der Waals surface area contributed by atoms with Crippen molar-refractivity contribution in [1.82, 2.24) is 0 Å². The molecule has 0 aliphatic carbocycles. The molecular weight excluding hydrogens is 412 g/mol. The first kappa shape index (κ1) is 22.4. The van der Waals surface area contributed by atoms with Crippen LogP contribution in [-0.4, -0.2) is 28.0 Å². The summed E-state index contributed by atoms with van der Waals surface area (Å²) in [4.78, 5) is 13.0. The molecule has 0 saturated heterocycles. The largest absolute Gasteiger partial charge is 0.495 e. The third-order valence-electron chi connectivity index (χ3n) is 4.77. The van der Waals surface area contributed by atoms with Crippen molar-refractivity contribution >= 4 is 27.3 Å². The fourth-order valence-electron chi connectivity index (χ4n) is 3.32. The highest BCUT2D eigenvalue weighted by molar-refractivity contribution is 7.92. The Hall–Kier alpha value is -3.32. The van der Waals surface area contributed by atoms with Crippen LogP contribution in [0, 0.1) is 20.8 Å². The molecule has 3 aromatic rings. The van der Waals surface area contributed by atoms with Crippen LogP contribution in [0.1, 0.15) is 16.7 Å². The number of para-hydroxylation sites is 2. The maximum Gasteiger partial charge on any atom is 0.264 e. The average molecular weight is 439 g/mol. The van der Waals surface area contributed by atoms with Gasteiger partial charge in [-0.05, 0) is 68.3 Å². The second kappa shape index (κ2) is 9.22. The number of hydrogen-bond acceptors (Lipinski definition) is 4. The number of amides is 1. The van der Waals surface area contributed by atoms with Gasteiger partial charge in [0.15, 0.2) is 0 Å². The second-order valence-electron chi connectivity index (χ2n) is 7.42. The van der Waals surface area contributed by atoms with Crippen molar-refractivity contribution in [3.63, 3.8) is 0 Å². The van der Waals surface area contributed by atoms with Crippen molar-refractivity contribution in [3.05, 3.63) is 83.4 Å². The molecule has 0 atom stereocenters. The van der Waals surface area contributed by atoms with Gasteiger partial charge in [-0.1, -0.05) is 35.9 Å². The van der Waals surface area contributed by atoms with Gasteiger partial charge in [-0.15, -0.1) is 0 Å². The van der Waals surface area contributed by atoms with Gasteiger partial charge in [0.1, 0.15) is 12.3 Å². The maximum absolute atomic E-state index is 13.5. The Morgan fingerprint density at radius 2 is 1.52 bits per heavy atom. The van der Waals surface area contributed by atoms with Gasteiger partial charge < -0.3 is 10.1 Å². The summed E-state index contributed by atoms with van der Waals surface area (Å²) in [7, 11) is -2.46. The van der Waals surface area contributed by atoms with E-state index in [0.717, 1.165) is 21.0 Å². The van der Waals surface area contributed by atoms with Crippen LogP contribution >= 0.6 is 0 Å². The zero-order valence-corrected chi connectivity index (χ0v) is 18.9. The monoisotopic (exact) mass is 438 g/mol. The zero-order chi connectivity index (χ0) is 22.6. The zero-order valence-electron chi connectivity index (χ0n) is 18.0. The van der Waals surface area contributed by atoms with Gasteiger partial charge in [-0.25, -0.2) is 8.42 Å². The SMILES string of the molecule is COc1ccccc1NC(=O)CN(c1cc(C)cc(C)c1)S(=O)(=O)c1ccc(C)cc1. The van der Waals surface area contributed by atoms with Crippen molar-refractivity contribution in [3.8, 4) is 5.75 Å². The summed E-state index contributed by atoms with van der Waals surface area (Å²) in [5.74, 6) is 0.0227. The highest BCUT2D eigenvalue weighted by Crippen LogP contribution is 2.27. The van der Waals surface area contributed by atoms with Gasteiger partial charge in [0.05, 0.1) is 23.4 Å². The van der Waals surface area contributed by atoms with Gasteiger partial charge >= 0.3 is 0 Å². The average Bonchev–Trinajstić information content (AvgIpc) is 2.72. The number of nitrogens with one attached hydrogen (secondary N) is 1. The number of carbonyl (C=O) groups is 1. The Bertz CT molecular complexity index is 1170. The molecule has 1 amide bonds. The lowest BCUT2D eigenvalue weighted by molar-refractivity contribution is -0.114. The van der Waals surface area contributed by atoms with E-state index in [4.69, 9.17) is 4.74 Å². The third-order valence-corrected chi connectivity index (χ3v) is 6.56. The molecule has 0 radical (unpaired) electrons. The maximum atomic E-state index is 13.5. The first-order chi connectivity index (χ1) is 14.7. The molecule has 0 saturated carbocycles. The van der Waals surface area contributed by atoms with Crippen molar-refractivity contribution in [2.24, 2.45) is 0 Å². The van der Waals surface area contributed by atoms with Crippen LogP contribution in [0.2, 0.25) is 0 Å². The fourth-order valence-corrected chi connectivity index (χ4v) is 4.72. The van der Waals surface area contributed by atoms with Gasteiger partial charge in [0.2, 0.25) is 5.91 Å². The number of hydrogen-bond donors (Lipinski definition) is 1. The molecule has 6 nitrogen and oxygen atoms in total. The van der Waals surface area contributed by atoms with E-state index in [9.17, 15) is 13.2 Å². The number of benzene rings is 3. The molecule has 0 aromatic heterocycles. The van der Waals surface area contributed by atoms with E-state index in [1.807, 2.05) is 26.8 Å². The summed E-state index contributed by atoms with van der Waals surface area (Å²) in [6, 6.07) is 19.0. The third kappa shape index (κ3) is 5.24. The molecule has 162 valence electrons. The summed E-state index contributed by atoms with van der Waals surface area (Å²) < 4.78 is 33.4. The van der Waals surface area contributed by atoms with Gasteiger partial charge in [0, 0.05) is 0 Å². The lowest BCUT2D eigenvalue weighted by atomic mass is 10.1. The minimum atomic E-state index is -3.97. The molecule has 31 heavy (non-hydrogen) atoms. The van der Waals surface area contributed by atoms with E-state index >= 15 is 0 Å². The predicted octanol–water partition coefficient (Wildman–Crippen LogP) is 4.45. The summed E-state index contributed by atoms with van der Waals surface area (Å²) in [6.45, 7) is 5.29. The molecule has 0 bridgehead atoms. The van der Waals surface area contributed by atoms with Crippen molar-refractivity contribution < 1.29 is 17.9 Å². The van der Waals surface area contributed by atoms with Gasteiger partial charge in [0.25, 0.3) is 10.0 Å². The predicted molar refractivity (Wildman–Crippen MR) is 123 cm³/mol. The Labute approximate surface area is 183 Å². The van der Waals surface area contributed by atoms with Crippen molar-refractivity contribution in [1.29, 1.82) is 0 Å². The Morgan fingerprint density at radius 1 is 0.903 bits per heavy atom. The molecule has 0 aliphatic rings. The molecular formula is C24H26N2O4S. The number of anilines is 2. The minimum absolute atomic E-state index is 0.127. The molecule has 0 fully saturated rings. The topological polar surface area (TPSA) is 75.7 Å². The number of ether oxygens (including phenoxy) is 1. The minimum Gasteiger partial charge on any atom is -0.495 e. The van der Waals surface area contributed by atoms with Crippen LogP contribution in [0.25, 0.3) is 0 Å². The van der Waals surface area contributed by atoms with E-state index in [0.29, 0.717) is 17.1 Å². The van der Waals surface area contributed by atoms with Crippen LogP contribution in [0.15, 0.2) is 71.6 Å². The number of methoxy groups -OCH3 is 1. The van der Waals surface area contributed by atoms with E-state index in [2.05, 4.69) is 5.32 Å². The van der Waals surface area contributed by atoms with Gasteiger partial charge in [-0.2, -0.15) is 0 Å². The number of aryl methyl sites for hydroxylation is 3. The summed E-state index contributed by atoms with van der Waals surface area (Å²) in [6.07, 6.45) is 0. The van der Waals surface area contributed by atoms with Crippen LogP contribution in [-0.2, 0) is 14.8 Å². The van der Waals surface area contributed by atoms with Crippen LogP contribution in [0.5, 0.6) is 5.75 Å². The molecule has 1 N–H and O–H groups in total. The number of sulfonamides is 1. The number of rotatable bonds is 7. The Kier molecular flexibility index (Phi) is 6.65. The van der Waals surface area contributed by atoms with E-state index in [1.165, 1.54) is 7.11 Å². The quantitative estimate of drug-likeness (QED) is 0.591. The smallest absolute Gasteiger partial charge is 0.264 e.